The number of piperidine rings is 1. The number of nitriles is 1. The molecule has 1 heterocycles. The van der Waals surface area contributed by atoms with E-state index in [1.807, 2.05) is 12.1 Å². The molecule has 1 N–H and O–H groups in total. The average Bonchev–Trinajstić information content (AvgIpc) is 2.50. The molecule has 0 radical (unpaired) electrons. The van der Waals surface area contributed by atoms with E-state index in [1.165, 1.54) is 5.56 Å². The summed E-state index contributed by atoms with van der Waals surface area (Å²) in [5.74, 6) is 0.886. The van der Waals surface area contributed by atoms with Gasteiger partial charge in [0, 0.05) is 19.6 Å². The summed E-state index contributed by atoms with van der Waals surface area (Å²) in [7, 11) is 3.79. The van der Waals surface area contributed by atoms with E-state index in [4.69, 9.17) is 4.74 Å². The maximum absolute atomic E-state index is 9.46. The lowest BCUT2D eigenvalue weighted by Gasteiger charge is -2.36. The van der Waals surface area contributed by atoms with Crippen molar-refractivity contribution in [2.75, 3.05) is 33.8 Å². The van der Waals surface area contributed by atoms with Crippen molar-refractivity contribution in [3.8, 4) is 11.8 Å². The van der Waals surface area contributed by atoms with Crippen molar-refractivity contribution in [1.82, 2.24) is 10.2 Å². The largest absolute Gasteiger partial charge is 0.497 e. The second kappa shape index (κ2) is 6.74. The minimum atomic E-state index is -0.342. The van der Waals surface area contributed by atoms with Gasteiger partial charge in [-0.05, 0) is 44.0 Å². The fourth-order valence-corrected chi connectivity index (χ4v) is 2.60. The molecular weight excluding hydrogens is 250 g/mol. The molecule has 0 spiro atoms. The summed E-state index contributed by atoms with van der Waals surface area (Å²) in [5, 5.41) is 12.9. The summed E-state index contributed by atoms with van der Waals surface area (Å²) in [4.78, 5) is 2.28. The molecule has 0 saturated carbocycles. The number of ether oxygens (including phenoxy) is 1. The molecule has 1 fully saturated rings. The summed E-state index contributed by atoms with van der Waals surface area (Å²) in [6.07, 6.45) is 2.71. The molecule has 0 unspecified atom stereocenters. The van der Waals surface area contributed by atoms with Crippen molar-refractivity contribution >= 4 is 0 Å². The van der Waals surface area contributed by atoms with Gasteiger partial charge in [-0.25, -0.2) is 0 Å². The molecule has 20 heavy (non-hydrogen) atoms. The first-order valence-electron chi connectivity index (χ1n) is 7.15. The van der Waals surface area contributed by atoms with Crippen LogP contribution in [0.3, 0.4) is 0 Å². The standard InChI is InChI=1S/C16H23N3O/c1-19-10-7-16(13-17,8-11-19)18-9-6-14-4-3-5-15(12-14)20-2/h3-5,12,18H,6-11H2,1-2H3. The molecule has 108 valence electrons. The lowest BCUT2D eigenvalue weighted by atomic mass is 9.89. The van der Waals surface area contributed by atoms with Crippen LogP contribution in [0, 0.1) is 11.3 Å². The normalized spacial score (nSPS) is 18.4. The van der Waals surface area contributed by atoms with Gasteiger partial charge in [0.05, 0.1) is 13.2 Å². The third-order valence-corrected chi connectivity index (χ3v) is 4.07. The molecule has 0 bridgehead atoms. The molecule has 0 amide bonds. The molecule has 4 nitrogen and oxygen atoms in total. The lowest BCUT2D eigenvalue weighted by molar-refractivity contribution is 0.196. The van der Waals surface area contributed by atoms with Crippen LogP contribution in [0.1, 0.15) is 18.4 Å². The Morgan fingerprint density at radius 1 is 1.40 bits per heavy atom. The van der Waals surface area contributed by atoms with Gasteiger partial charge in [0.15, 0.2) is 0 Å². The maximum Gasteiger partial charge on any atom is 0.119 e. The van der Waals surface area contributed by atoms with E-state index >= 15 is 0 Å². The van der Waals surface area contributed by atoms with Gasteiger partial charge in [-0.1, -0.05) is 12.1 Å². The first-order valence-corrected chi connectivity index (χ1v) is 7.15. The Morgan fingerprint density at radius 2 is 2.15 bits per heavy atom. The van der Waals surface area contributed by atoms with Gasteiger partial charge in [0.2, 0.25) is 0 Å². The predicted molar refractivity (Wildman–Crippen MR) is 79.8 cm³/mol. The quantitative estimate of drug-likeness (QED) is 0.889. The van der Waals surface area contributed by atoms with Crippen LogP contribution in [0.5, 0.6) is 5.75 Å². The van der Waals surface area contributed by atoms with Gasteiger partial charge in [0.1, 0.15) is 11.3 Å². The number of nitrogens with one attached hydrogen (secondary N) is 1. The van der Waals surface area contributed by atoms with Gasteiger partial charge < -0.3 is 9.64 Å². The Hall–Kier alpha value is -1.57. The first-order chi connectivity index (χ1) is 9.67. The first kappa shape index (κ1) is 14.8. The second-order valence-corrected chi connectivity index (χ2v) is 5.53. The number of nitrogens with zero attached hydrogens (tertiary/aromatic N) is 2. The summed E-state index contributed by atoms with van der Waals surface area (Å²) in [6.45, 7) is 2.80. The van der Waals surface area contributed by atoms with Gasteiger partial charge in [-0.2, -0.15) is 5.26 Å². The van der Waals surface area contributed by atoms with E-state index in [-0.39, 0.29) is 5.54 Å². The molecule has 4 heteroatoms. The topological polar surface area (TPSA) is 48.3 Å². The van der Waals surface area contributed by atoms with E-state index in [1.54, 1.807) is 7.11 Å². The highest BCUT2D eigenvalue weighted by Crippen LogP contribution is 2.21. The average molecular weight is 273 g/mol. The molecule has 1 aliphatic rings. The van der Waals surface area contributed by atoms with Crippen molar-refractivity contribution in [3.63, 3.8) is 0 Å². The third-order valence-electron chi connectivity index (χ3n) is 4.07. The van der Waals surface area contributed by atoms with Crippen LogP contribution < -0.4 is 10.1 Å². The summed E-state index contributed by atoms with van der Waals surface area (Å²) in [6, 6.07) is 10.6. The minimum absolute atomic E-state index is 0.342. The molecule has 1 saturated heterocycles. The van der Waals surface area contributed by atoms with Crippen LogP contribution in [0.4, 0.5) is 0 Å². The van der Waals surface area contributed by atoms with E-state index < -0.39 is 0 Å². The summed E-state index contributed by atoms with van der Waals surface area (Å²) >= 11 is 0. The zero-order chi connectivity index (χ0) is 14.4. The third kappa shape index (κ3) is 3.72. The number of hydrogen-bond acceptors (Lipinski definition) is 4. The number of hydrogen-bond donors (Lipinski definition) is 1. The van der Waals surface area contributed by atoms with Crippen LogP contribution in [0.15, 0.2) is 24.3 Å². The van der Waals surface area contributed by atoms with Crippen LogP contribution in [-0.4, -0.2) is 44.2 Å². The van der Waals surface area contributed by atoms with Crippen molar-refractivity contribution in [2.45, 2.75) is 24.8 Å². The van der Waals surface area contributed by atoms with E-state index in [0.717, 1.165) is 44.6 Å². The summed E-state index contributed by atoms with van der Waals surface area (Å²) in [5.41, 5.74) is 0.892. The van der Waals surface area contributed by atoms with Crippen LogP contribution in [0.2, 0.25) is 0 Å². The highest BCUT2D eigenvalue weighted by Gasteiger charge is 2.32. The van der Waals surface area contributed by atoms with Crippen molar-refractivity contribution in [2.24, 2.45) is 0 Å². The Morgan fingerprint density at radius 3 is 2.80 bits per heavy atom. The molecule has 1 aromatic carbocycles. The fraction of sp³-hybridized carbons (Fsp3) is 0.562. The molecule has 2 rings (SSSR count). The Labute approximate surface area is 121 Å². The van der Waals surface area contributed by atoms with Crippen LogP contribution in [-0.2, 0) is 6.42 Å². The number of benzene rings is 1. The molecule has 0 aliphatic carbocycles. The van der Waals surface area contributed by atoms with Crippen molar-refractivity contribution < 1.29 is 4.74 Å². The van der Waals surface area contributed by atoms with E-state index in [2.05, 4.69) is 35.5 Å². The van der Waals surface area contributed by atoms with Gasteiger partial charge in [0.25, 0.3) is 0 Å². The maximum atomic E-state index is 9.46. The summed E-state index contributed by atoms with van der Waals surface area (Å²) < 4.78 is 5.23. The van der Waals surface area contributed by atoms with Crippen LogP contribution in [0.25, 0.3) is 0 Å². The Kier molecular flexibility index (Phi) is 4.99. The van der Waals surface area contributed by atoms with Gasteiger partial charge in [-0.15, -0.1) is 0 Å². The highest BCUT2D eigenvalue weighted by atomic mass is 16.5. The van der Waals surface area contributed by atoms with Gasteiger partial charge >= 0.3 is 0 Å². The second-order valence-electron chi connectivity index (χ2n) is 5.53. The zero-order valence-corrected chi connectivity index (χ0v) is 12.4. The molecule has 1 aromatic rings. The molecule has 1 aliphatic heterocycles. The predicted octanol–water partition coefficient (Wildman–Crippen LogP) is 1.82. The molecule has 0 atom stereocenters. The van der Waals surface area contributed by atoms with E-state index in [9.17, 15) is 5.26 Å². The smallest absolute Gasteiger partial charge is 0.119 e. The monoisotopic (exact) mass is 273 g/mol. The zero-order valence-electron chi connectivity index (χ0n) is 12.4. The van der Waals surface area contributed by atoms with Crippen molar-refractivity contribution in [3.05, 3.63) is 29.8 Å². The number of likely N-dealkylation sites (tertiary alicyclic amines) is 1. The van der Waals surface area contributed by atoms with Crippen LogP contribution >= 0.6 is 0 Å². The number of methoxy groups -OCH3 is 1. The fourth-order valence-electron chi connectivity index (χ4n) is 2.60. The SMILES string of the molecule is COc1cccc(CCNC2(C#N)CCN(C)CC2)c1. The minimum Gasteiger partial charge on any atom is -0.497 e. The lowest BCUT2D eigenvalue weighted by Crippen LogP contribution is -2.52. The highest BCUT2D eigenvalue weighted by molar-refractivity contribution is 5.28. The Bertz CT molecular complexity index is 473. The van der Waals surface area contributed by atoms with Gasteiger partial charge in [-0.3, -0.25) is 5.32 Å². The molecular formula is C16H23N3O. The molecule has 0 aromatic heterocycles. The van der Waals surface area contributed by atoms with Crippen molar-refractivity contribution in [1.29, 1.82) is 5.26 Å². The number of rotatable bonds is 5. The Balaban J connectivity index is 1.86. The van der Waals surface area contributed by atoms with E-state index in [0.29, 0.717) is 0 Å².